The predicted molar refractivity (Wildman–Crippen MR) is 80.3 cm³/mol. The molecular formula is C16H23N3O2. The fourth-order valence-electron chi connectivity index (χ4n) is 2.49. The molecule has 2 heterocycles. The molecule has 0 unspecified atom stereocenters. The van der Waals surface area contributed by atoms with Gasteiger partial charge in [-0.15, -0.1) is 0 Å². The molecule has 1 fully saturated rings. The van der Waals surface area contributed by atoms with Crippen LogP contribution in [0.2, 0.25) is 0 Å². The van der Waals surface area contributed by atoms with E-state index in [1.165, 1.54) is 6.92 Å². The van der Waals surface area contributed by atoms with Gasteiger partial charge >= 0.3 is 0 Å². The Kier molecular flexibility index (Phi) is 5.31. The molecule has 1 saturated heterocycles. The Morgan fingerprint density at radius 2 is 2.05 bits per heavy atom. The number of carbonyl (C=O) groups excluding carboxylic acids is 2. The van der Waals surface area contributed by atoms with Crippen molar-refractivity contribution >= 4 is 11.8 Å². The van der Waals surface area contributed by atoms with Crippen molar-refractivity contribution in [1.29, 1.82) is 0 Å². The molecule has 5 heteroatoms. The number of hydrogen-bond donors (Lipinski definition) is 0. The van der Waals surface area contributed by atoms with E-state index in [-0.39, 0.29) is 18.4 Å². The van der Waals surface area contributed by atoms with Gasteiger partial charge in [0, 0.05) is 26.2 Å². The third-order valence-corrected chi connectivity index (χ3v) is 3.99. The van der Waals surface area contributed by atoms with Crippen molar-refractivity contribution < 1.29 is 9.59 Å². The second-order valence-corrected chi connectivity index (χ2v) is 5.76. The Balaban J connectivity index is 1.93. The predicted octanol–water partition coefficient (Wildman–Crippen LogP) is 1.69. The zero-order valence-electron chi connectivity index (χ0n) is 12.8. The lowest BCUT2D eigenvalue weighted by molar-refractivity contribution is -0.140. The summed E-state index contributed by atoms with van der Waals surface area (Å²) < 4.78 is 0. The van der Waals surface area contributed by atoms with Crippen LogP contribution in [0.1, 0.15) is 32.4 Å². The minimum absolute atomic E-state index is 0.0352. The van der Waals surface area contributed by atoms with Crippen molar-refractivity contribution in [3.63, 3.8) is 0 Å². The highest BCUT2D eigenvalue weighted by Gasteiger charge is 2.23. The molecule has 2 amide bonds. The maximum atomic E-state index is 12.3. The van der Waals surface area contributed by atoms with Crippen molar-refractivity contribution in [2.45, 2.75) is 33.2 Å². The summed E-state index contributed by atoms with van der Waals surface area (Å²) in [7, 11) is 0. The molecule has 0 aromatic carbocycles. The zero-order valence-corrected chi connectivity index (χ0v) is 12.8. The lowest BCUT2D eigenvalue weighted by Gasteiger charge is -2.32. The molecule has 0 bridgehead atoms. The maximum Gasteiger partial charge on any atom is 0.242 e. The Hall–Kier alpha value is -1.91. The number of hydrogen-bond acceptors (Lipinski definition) is 3. The molecule has 21 heavy (non-hydrogen) atoms. The number of aromatic nitrogens is 1. The van der Waals surface area contributed by atoms with E-state index in [4.69, 9.17) is 0 Å². The Morgan fingerprint density at radius 3 is 2.62 bits per heavy atom. The summed E-state index contributed by atoms with van der Waals surface area (Å²) in [5, 5.41) is 0. The van der Waals surface area contributed by atoms with Gasteiger partial charge in [-0.05, 0) is 30.9 Å². The Morgan fingerprint density at radius 1 is 1.33 bits per heavy atom. The molecule has 1 aromatic rings. The van der Waals surface area contributed by atoms with Crippen LogP contribution in [0.5, 0.6) is 0 Å². The SMILES string of the molecule is CC(=O)N(CC(=O)N1CCC(C)CC1)Cc1ccccn1. The molecule has 5 nitrogen and oxygen atoms in total. The maximum absolute atomic E-state index is 12.3. The number of nitrogens with zero attached hydrogens (tertiary/aromatic N) is 3. The van der Waals surface area contributed by atoms with Crippen LogP contribution in [-0.4, -0.2) is 46.2 Å². The zero-order chi connectivity index (χ0) is 15.2. The van der Waals surface area contributed by atoms with Gasteiger partial charge in [0.25, 0.3) is 0 Å². The van der Waals surface area contributed by atoms with Crippen LogP contribution < -0.4 is 0 Å². The molecule has 1 aliphatic rings. The fraction of sp³-hybridized carbons (Fsp3) is 0.562. The van der Waals surface area contributed by atoms with E-state index >= 15 is 0 Å². The van der Waals surface area contributed by atoms with Crippen LogP contribution in [0.4, 0.5) is 0 Å². The van der Waals surface area contributed by atoms with E-state index in [0.29, 0.717) is 12.5 Å². The summed E-state index contributed by atoms with van der Waals surface area (Å²) in [6.45, 7) is 5.83. The number of piperidine rings is 1. The molecule has 0 N–H and O–H groups in total. The molecule has 2 rings (SSSR count). The molecule has 1 aliphatic heterocycles. The minimum atomic E-state index is -0.0978. The molecular weight excluding hydrogens is 266 g/mol. The first-order valence-electron chi connectivity index (χ1n) is 7.49. The summed E-state index contributed by atoms with van der Waals surface area (Å²) in [5.41, 5.74) is 0.799. The quantitative estimate of drug-likeness (QED) is 0.847. The van der Waals surface area contributed by atoms with Gasteiger partial charge in [0.1, 0.15) is 6.54 Å². The first-order valence-corrected chi connectivity index (χ1v) is 7.49. The largest absolute Gasteiger partial charge is 0.341 e. The standard InChI is InChI=1S/C16H23N3O2/c1-13-6-9-18(10-7-13)16(21)12-19(14(2)20)11-15-5-3-4-8-17-15/h3-5,8,13H,6-7,9-12H2,1-2H3. The average molecular weight is 289 g/mol. The highest BCUT2D eigenvalue weighted by atomic mass is 16.2. The van der Waals surface area contributed by atoms with Crippen molar-refractivity contribution in [1.82, 2.24) is 14.8 Å². The topological polar surface area (TPSA) is 53.5 Å². The molecule has 0 aliphatic carbocycles. The second-order valence-electron chi connectivity index (χ2n) is 5.76. The van der Waals surface area contributed by atoms with Crippen molar-refractivity contribution in [2.75, 3.05) is 19.6 Å². The highest BCUT2D eigenvalue weighted by molar-refractivity contribution is 5.83. The van der Waals surface area contributed by atoms with Crippen LogP contribution in [-0.2, 0) is 16.1 Å². The van der Waals surface area contributed by atoms with Gasteiger partial charge in [-0.1, -0.05) is 13.0 Å². The summed E-state index contributed by atoms with van der Waals surface area (Å²) >= 11 is 0. The normalized spacial score (nSPS) is 15.8. The molecule has 1 aromatic heterocycles. The van der Waals surface area contributed by atoms with E-state index < -0.39 is 0 Å². The molecule has 114 valence electrons. The van der Waals surface area contributed by atoms with Gasteiger partial charge in [-0.2, -0.15) is 0 Å². The first-order chi connectivity index (χ1) is 10.1. The molecule has 0 saturated carbocycles. The van der Waals surface area contributed by atoms with Crippen LogP contribution in [0.3, 0.4) is 0 Å². The lowest BCUT2D eigenvalue weighted by Crippen LogP contribution is -2.45. The minimum Gasteiger partial charge on any atom is -0.341 e. The first kappa shape index (κ1) is 15.5. The van der Waals surface area contributed by atoms with Crippen LogP contribution in [0, 0.1) is 5.92 Å². The number of pyridine rings is 1. The van der Waals surface area contributed by atoms with E-state index in [1.807, 2.05) is 23.1 Å². The third-order valence-electron chi connectivity index (χ3n) is 3.99. The van der Waals surface area contributed by atoms with E-state index in [2.05, 4.69) is 11.9 Å². The van der Waals surface area contributed by atoms with Gasteiger partial charge < -0.3 is 9.80 Å². The van der Waals surface area contributed by atoms with Crippen molar-refractivity contribution in [3.05, 3.63) is 30.1 Å². The van der Waals surface area contributed by atoms with Crippen LogP contribution >= 0.6 is 0 Å². The van der Waals surface area contributed by atoms with Crippen LogP contribution in [0.25, 0.3) is 0 Å². The second kappa shape index (κ2) is 7.20. The lowest BCUT2D eigenvalue weighted by atomic mass is 9.99. The van der Waals surface area contributed by atoms with Gasteiger partial charge in [-0.25, -0.2) is 0 Å². The highest BCUT2D eigenvalue weighted by Crippen LogP contribution is 2.16. The number of carbonyl (C=O) groups is 2. The van der Waals surface area contributed by atoms with Gasteiger partial charge in [0.15, 0.2) is 0 Å². The summed E-state index contributed by atoms with van der Waals surface area (Å²) in [5.74, 6) is 0.624. The smallest absolute Gasteiger partial charge is 0.242 e. The number of rotatable bonds is 4. The summed E-state index contributed by atoms with van der Waals surface area (Å²) in [6.07, 6.45) is 3.79. The fourth-order valence-corrected chi connectivity index (χ4v) is 2.49. The van der Waals surface area contributed by atoms with Gasteiger partial charge in [-0.3, -0.25) is 14.6 Å². The summed E-state index contributed by atoms with van der Waals surface area (Å²) in [6, 6.07) is 5.58. The molecule has 0 spiro atoms. The van der Waals surface area contributed by atoms with Crippen molar-refractivity contribution in [2.24, 2.45) is 5.92 Å². The third kappa shape index (κ3) is 4.55. The van der Waals surface area contributed by atoms with E-state index in [9.17, 15) is 9.59 Å². The molecule has 0 atom stereocenters. The van der Waals surface area contributed by atoms with E-state index in [0.717, 1.165) is 31.6 Å². The summed E-state index contributed by atoms with van der Waals surface area (Å²) in [4.78, 5) is 31.7. The Bertz CT molecular complexity index is 482. The van der Waals surface area contributed by atoms with Gasteiger partial charge in [0.2, 0.25) is 11.8 Å². The van der Waals surface area contributed by atoms with Gasteiger partial charge in [0.05, 0.1) is 12.2 Å². The van der Waals surface area contributed by atoms with Crippen molar-refractivity contribution in [3.8, 4) is 0 Å². The van der Waals surface area contributed by atoms with Crippen LogP contribution in [0.15, 0.2) is 24.4 Å². The van der Waals surface area contributed by atoms with E-state index in [1.54, 1.807) is 11.1 Å². The molecule has 0 radical (unpaired) electrons. The number of amides is 2. The average Bonchev–Trinajstić information content (AvgIpc) is 2.48. The number of likely N-dealkylation sites (tertiary alicyclic amines) is 1. The Labute approximate surface area is 126 Å². The monoisotopic (exact) mass is 289 g/mol.